The molecule has 0 atom stereocenters. The zero-order valence-electron chi connectivity index (χ0n) is 10.8. The number of hydrogen-bond acceptors (Lipinski definition) is 3. The first-order chi connectivity index (χ1) is 6.99. The molecule has 0 aliphatic carbocycles. The third-order valence-electron chi connectivity index (χ3n) is 2.99. The molecule has 1 fully saturated rings. The highest BCUT2D eigenvalue weighted by Gasteiger charge is 2.22. The Balaban J connectivity index is 2.39. The highest BCUT2D eigenvalue weighted by atomic mass is 15.2. The van der Waals surface area contributed by atoms with E-state index in [-0.39, 0.29) is 5.54 Å². The van der Waals surface area contributed by atoms with Crippen LogP contribution < -0.4 is 5.32 Å². The fourth-order valence-corrected chi connectivity index (χ4v) is 2.11. The van der Waals surface area contributed by atoms with Crippen molar-refractivity contribution in [1.82, 2.24) is 15.1 Å². The predicted octanol–water partition coefficient (Wildman–Crippen LogP) is 1.01. The molecule has 1 N–H and O–H groups in total. The van der Waals surface area contributed by atoms with Gasteiger partial charge in [-0.15, -0.1) is 0 Å². The van der Waals surface area contributed by atoms with Crippen LogP contribution in [0.2, 0.25) is 0 Å². The van der Waals surface area contributed by atoms with Gasteiger partial charge in [-0.3, -0.25) is 0 Å². The van der Waals surface area contributed by atoms with E-state index in [9.17, 15) is 0 Å². The summed E-state index contributed by atoms with van der Waals surface area (Å²) in [6, 6.07) is 0. The normalized spacial score (nSPS) is 23.8. The van der Waals surface area contributed by atoms with E-state index in [1.54, 1.807) is 0 Å². The number of nitrogens with one attached hydrogen (secondary N) is 1. The smallest absolute Gasteiger partial charge is 0.0252 e. The molecule has 1 aliphatic heterocycles. The number of likely N-dealkylation sites (N-methyl/N-ethyl adjacent to an activating group) is 1. The molecule has 0 aromatic carbocycles. The molecule has 0 saturated carbocycles. The summed E-state index contributed by atoms with van der Waals surface area (Å²) in [4.78, 5) is 4.85. The second kappa shape index (κ2) is 5.83. The molecular formula is C12H27N3. The zero-order valence-corrected chi connectivity index (χ0v) is 10.8. The minimum atomic E-state index is 0.271. The van der Waals surface area contributed by atoms with Crippen LogP contribution in [-0.4, -0.2) is 62.2 Å². The molecule has 0 aromatic rings. The molecule has 3 nitrogen and oxygen atoms in total. The van der Waals surface area contributed by atoms with E-state index in [1.165, 1.54) is 39.0 Å². The number of nitrogens with zero attached hydrogens (tertiary/aromatic N) is 2. The van der Waals surface area contributed by atoms with Gasteiger partial charge in [0.05, 0.1) is 0 Å². The summed E-state index contributed by atoms with van der Waals surface area (Å²) in [7, 11) is 4.29. The lowest BCUT2D eigenvalue weighted by molar-refractivity contribution is 0.168. The lowest BCUT2D eigenvalue weighted by atomic mass is 10.0. The van der Waals surface area contributed by atoms with Gasteiger partial charge in [0.1, 0.15) is 0 Å². The van der Waals surface area contributed by atoms with Crippen LogP contribution >= 0.6 is 0 Å². The van der Waals surface area contributed by atoms with E-state index >= 15 is 0 Å². The van der Waals surface area contributed by atoms with Crippen molar-refractivity contribution in [3.8, 4) is 0 Å². The second-order valence-electron chi connectivity index (χ2n) is 5.60. The molecule has 15 heavy (non-hydrogen) atoms. The van der Waals surface area contributed by atoms with Crippen LogP contribution in [-0.2, 0) is 0 Å². The van der Waals surface area contributed by atoms with Crippen LogP contribution in [0.25, 0.3) is 0 Å². The van der Waals surface area contributed by atoms with Crippen LogP contribution in [0.3, 0.4) is 0 Å². The molecule has 0 unspecified atom stereocenters. The zero-order chi connectivity index (χ0) is 11.3. The largest absolute Gasteiger partial charge is 0.311 e. The van der Waals surface area contributed by atoms with Crippen molar-refractivity contribution >= 4 is 0 Å². The first-order valence-corrected chi connectivity index (χ1v) is 6.12. The average Bonchev–Trinajstić information content (AvgIpc) is 2.09. The monoisotopic (exact) mass is 213 g/mol. The standard InChI is InChI=1S/C12H27N3/c1-12(2)11-15(10-9-14(3)4)8-6-5-7-13-12/h13H,5-11H2,1-4H3. The summed E-state index contributed by atoms with van der Waals surface area (Å²) >= 11 is 0. The van der Waals surface area contributed by atoms with Crippen LogP contribution in [0.1, 0.15) is 26.7 Å². The van der Waals surface area contributed by atoms with Gasteiger partial charge in [0, 0.05) is 25.2 Å². The number of hydrogen-bond donors (Lipinski definition) is 1. The maximum atomic E-state index is 3.62. The summed E-state index contributed by atoms with van der Waals surface area (Å²) in [6.45, 7) is 10.6. The van der Waals surface area contributed by atoms with Crippen LogP contribution in [0.15, 0.2) is 0 Å². The number of rotatable bonds is 3. The Labute approximate surface area is 94.8 Å². The molecule has 1 heterocycles. The third-order valence-corrected chi connectivity index (χ3v) is 2.99. The quantitative estimate of drug-likeness (QED) is 0.755. The first kappa shape index (κ1) is 12.9. The molecule has 0 radical (unpaired) electrons. The average molecular weight is 213 g/mol. The Bertz CT molecular complexity index is 178. The van der Waals surface area contributed by atoms with Crippen molar-refractivity contribution in [3.63, 3.8) is 0 Å². The topological polar surface area (TPSA) is 18.5 Å². The lowest BCUT2D eigenvalue weighted by Crippen LogP contribution is -2.52. The van der Waals surface area contributed by atoms with Gasteiger partial charge in [-0.1, -0.05) is 0 Å². The summed E-state index contributed by atoms with van der Waals surface area (Å²) in [5.41, 5.74) is 0.271. The molecule has 1 saturated heterocycles. The fraction of sp³-hybridized carbons (Fsp3) is 1.00. The molecule has 90 valence electrons. The van der Waals surface area contributed by atoms with Crippen molar-refractivity contribution in [1.29, 1.82) is 0 Å². The van der Waals surface area contributed by atoms with E-state index in [1.807, 2.05) is 0 Å². The van der Waals surface area contributed by atoms with Crippen molar-refractivity contribution in [3.05, 3.63) is 0 Å². The van der Waals surface area contributed by atoms with Gasteiger partial charge in [-0.05, 0) is 53.9 Å². The second-order valence-corrected chi connectivity index (χ2v) is 5.60. The van der Waals surface area contributed by atoms with Crippen molar-refractivity contribution in [2.45, 2.75) is 32.2 Å². The van der Waals surface area contributed by atoms with Gasteiger partial charge in [0.2, 0.25) is 0 Å². The van der Waals surface area contributed by atoms with Gasteiger partial charge in [0.15, 0.2) is 0 Å². The highest BCUT2D eigenvalue weighted by Crippen LogP contribution is 2.10. The fourth-order valence-electron chi connectivity index (χ4n) is 2.11. The van der Waals surface area contributed by atoms with E-state index in [4.69, 9.17) is 0 Å². The van der Waals surface area contributed by atoms with Crippen molar-refractivity contribution in [2.24, 2.45) is 0 Å². The summed E-state index contributed by atoms with van der Waals surface area (Å²) < 4.78 is 0. The van der Waals surface area contributed by atoms with Gasteiger partial charge in [-0.25, -0.2) is 0 Å². The molecule has 0 aromatic heterocycles. The third kappa shape index (κ3) is 5.50. The Morgan fingerprint density at radius 1 is 1.27 bits per heavy atom. The van der Waals surface area contributed by atoms with Gasteiger partial charge in [-0.2, -0.15) is 0 Å². The summed E-state index contributed by atoms with van der Waals surface area (Å²) in [5.74, 6) is 0. The lowest BCUT2D eigenvalue weighted by Gasteiger charge is -2.36. The van der Waals surface area contributed by atoms with Gasteiger partial charge < -0.3 is 15.1 Å². The highest BCUT2D eigenvalue weighted by molar-refractivity contribution is 4.83. The molecule has 0 spiro atoms. The van der Waals surface area contributed by atoms with Crippen LogP contribution in [0, 0.1) is 0 Å². The van der Waals surface area contributed by atoms with E-state index in [0.717, 1.165) is 6.54 Å². The Morgan fingerprint density at radius 3 is 2.67 bits per heavy atom. The Morgan fingerprint density at radius 2 is 2.00 bits per heavy atom. The minimum Gasteiger partial charge on any atom is -0.311 e. The van der Waals surface area contributed by atoms with Gasteiger partial charge >= 0.3 is 0 Å². The molecule has 3 heteroatoms. The Kier molecular flexibility index (Phi) is 5.03. The maximum absolute atomic E-state index is 3.62. The SMILES string of the molecule is CN(C)CCN1CCCCNC(C)(C)C1. The van der Waals surface area contributed by atoms with Crippen molar-refractivity contribution in [2.75, 3.05) is 46.8 Å². The first-order valence-electron chi connectivity index (χ1n) is 6.12. The molecule has 0 amide bonds. The van der Waals surface area contributed by atoms with Crippen LogP contribution in [0.4, 0.5) is 0 Å². The van der Waals surface area contributed by atoms with Crippen LogP contribution in [0.5, 0.6) is 0 Å². The maximum Gasteiger partial charge on any atom is 0.0252 e. The summed E-state index contributed by atoms with van der Waals surface area (Å²) in [5, 5.41) is 3.62. The predicted molar refractivity (Wildman–Crippen MR) is 66.3 cm³/mol. The van der Waals surface area contributed by atoms with Gasteiger partial charge in [0.25, 0.3) is 0 Å². The van der Waals surface area contributed by atoms with Crippen molar-refractivity contribution < 1.29 is 0 Å². The molecular weight excluding hydrogens is 186 g/mol. The van der Waals surface area contributed by atoms with E-state index in [2.05, 4.69) is 43.1 Å². The van der Waals surface area contributed by atoms with E-state index in [0.29, 0.717) is 0 Å². The summed E-state index contributed by atoms with van der Waals surface area (Å²) in [6.07, 6.45) is 2.64. The molecule has 1 rings (SSSR count). The molecule has 1 aliphatic rings. The Hall–Kier alpha value is -0.120. The minimum absolute atomic E-state index is 0.271. The van der Waals surface area contributed by atoms with E-state index < -0.39 is 0 Å². The molecule has 0 bridgehead atoms.